The van der Waals surface area contributed by atoms with Crippen molar-refractivity contribution in [1.29, 1.82) is 0 Å². The number of hydrogen-bond acceptors (Lipinski definition) is 4. The van der Waals surface area contributed by atoms with Gasteiger partial charge in [-0.1, -0.05) is 11.3 Å². The molecule has 5 heteroatoms. The monoisotopic (exact) mass is 190 g/mol. The van der Waals surface area contributed by atoms with E-state index in [1.807, 2.05) is 12.1 Å². The van der Waals surface area contributed by atoms with E-state index in [0.717, 1.165) is 5.69 Å². The van der Waals surface area contributed by atoms with E-state index in [1.165, 1.54) is 0 Å². The van der Waals surface area contributed by atoms with Crippen LogP contribution in [0.25, 0.3) is 5.69 Å². The summed E-state index contributed by atoms with van der Waals surface area (Å²) in [4.78, 5) is 0. The zero-order valence-corrected chi connectivity index (χ0v) is 7.46. The Labute approximate surface area is 80.8 Å². The van der Waals surface area contributed by atoms with Crippen LogP contribution in [0.4, 0.5) is 5.69 Å². The van der Waals surface area contributed by atoms with Crippen molar-refractivity contribution in [2.24, 2.45) is 0 Å². The van der Waals surface area contributed by atoms with E-state index >= 15 is 0 Å². The molecule has 0 saturated heterocycles. The number of benzene rings is 1. The van der Waals surface area contributed by atoms with E-state index < -0.39 is 0 Å². The Bertz CT molecular complexity index is 438. The van der Waals surface area contributed by atoms with E-state index in [4.69, 9.17) is 10.8 Å². The normalized spacial score (nSPS) is 10.4. The minimum absolute atomic E-state index is 0.109. The SMILES string of the molecule is Nc1cccc(-n2cc(CO)nn2)c1. The van der Waals surface area contributed by atoms with Gasteiger partial charge in [-0.05, 0) is 18.2 Å². The van der Waals surface area contributed by atoms with E-state index in [9.17, 15) is 0 Å². The van der Waals surface area contributed by atoms with Gasteiger partial charge >= 0.3 is 0 Å². The molecular formula is C9H10N4O. The van der Waals surface area contributed by atoms with Crippen molar-refractivity contribution in [1.82, 2.24) is 15.0 Å². The molecule has 0 aliphatic carbocycles. The number of aliphatic hydroxyl groups is 1. The van der Waals surface area contributed by atoms with E-state index in [-0.39, 0.29) is 6.61 Å². The van der Waals surface area contributed by atoms with Crippen molar-refractivity contribution >= 4 is 5.69 Å². The zero-order valence-electron chi connectivity index (χ0n) is 7.46. The van der Waals surface area contributed by atoms with Crippen molar-refractivity contribution in [3.05, 3.63) is 36.2 Å². The summed E-state index contributed by atoms with van der Waals surface area (Å²) in [6, 6.07) is 7.29. The van der Waals surface area contributed by atoms with Crippen LogP contribution >= 0.6 is 0 Å². The summed E-state index contributed by atoms with van der Waals surface area (Å²) < 4.78 is 1.57. The van der Waals surface area contributed by atoms with Crippen molar-refractivity contribution < 1.29 is 5.11 Å². The van der Waals surface area contributed by atoms with Gasteiger partial charge in [0.1, 0.15) is 5.69 Å². The van der Waals surface area contributed by atoms with Gasteiger partial charge in [0.05, 0.1) is 18.5 Å². The first-order valence-corrected chi connectivity index (χ1v) is 4.17. The molecule has 0 bridgehead atoms. The summed E-state index contributed by atoms with van der Waals surface area (Å²) in [6.07, 6.45) is 1.66. The third-order valence-corrected chi connectivity index (χ3v) is 1.84. The second-order valence-corrected chi connectivity index (χ2v) is 2.91. The fourth-order valence-corrected chi connectivity index (χ4v) is 1.16. The van der Waals surface area contributed by atoms with Gasteiger partial charge in [0.2, 0.25) is 0 Å². The van der Waals surface area contributed by atoms with E-state index in [2.05, 4.69) is 10.3 Å². The van der Waals surface area contributed by atoms with Crippen molar-refractivity contribution in [2.45, 2.75) is 6.61 Å². The van der Waals surface area contributed by atoms with Crippen LogP contribution in [0.1, 0.15) is 5.69 Å². The molecule has 14 heavy (non-hydrogen) atoms. The lowest BCUT2D eigenvalue weighted by Gasteiger charge is -1.99. The highest BCUT2D eigenvalue weighted by Crippen LogP contribution is 2.10. The first-order chi connectivity index (χ1) is 6.79. The molecule has 1 heterocycles. The molecule has 0 aliphatic heterocycles. The first-order valence-electron chi connectivity index (χ1n) is 4.17. The maximum atomic E-state index is 8.81. The summed E-state index contributed by atoms with van der Waals surface area (Å²) in [5, 5.41) is 16.4. The predicted molar refractivity (Wildman–Crippen MR) is 51.7 cm³/mol. The number of nitrogens with zero attached hydrogens (tertiary/aromatic N) is 3. The second-order valence-electron chi connectivity index (χ2n) is 2.91. The zero-order chi connectivity index (χ0) is 9.97. The van der Waals surface area contributed by atoms with Crippen LogP contribution in [-0.2, 0) is 6.61 Å². The fourth-order valence-electron chi connectivity index (χ4n) is 1.16. The summed E-state index contributed by atoms with van der Waals surface area (Å²) in [7, 11) is 0. The molecule has 1 aromatic carbocycles. The fraction of sp³-hybridized carbons (Fsp3) is 0.111. The topological polar surface area (TPSA) is 77.0 Å². The standard InChI is InChI=1S/C9H10N4O/c10-7-2-1-3-9(4-7)13-5-8(6-14)11-12-13/h1-5,14H,6,10H2. The summed E-state index contributed by atoms with van der Waals surface area (Å²) >= 11 is 0. The lowest BCUT2D eigenvalue weighted by atomic mass is 10.3. The molecule has 2 rings (SSSR count). The number of anilines is 1. The van der Waals surface area contributed by atoms with Crippen LogP contribution in [-0.4, -0.2) is 20.1 Å². The Kier molecular flexibility index (Phi) is 2.16. The van der Waals surface area contributed by atoms with Crippen LogP contribution < -0.4 is 5.73 Å². The van der Waals surface area contributed by atoms with Gasteiger partial charge in [-0.2, -0.15) is 0 Å². The predicted octanol–water partition coefficient (Wildman–Crippen LogP) is 0.342. The van der Waals surface area contributed by atoms with Crippen LogP contribution in [0.2, 0.25) is 0 Å². The van der Waals surface area contributed by atoms with Gasteiger partial charge in [0, 0.05) is 5.69 Å². The van der Waals surface area contributed by atoms with Crippen molar-refractivity contribution in [3.63, 3.8) is 0 Å². The number of nitrogens with two attached hydrogens (primary N) is 1. The molecule has 2 aromatic rings. The quantitative estimate of drug-likeness (QED) is 0.669. The molecule has 1 aromatic heterocycles. The molecule has 0 atom stereocenters. The number of hydrogen-bond donors (Lipinski definition) is 2. The first kappa shape index (κ1) is 8.71. The van der Waals surface area contributed by atoms with Crippen LogP contribution in [0.5, 0.6) is 0 Å². The highest BCUT2D eigenvalue weighted by Gasteiger charge is 2.01. The van der Waals surface area contributed by atoms with Gasteiger partial charge in [-0.3, -0.25) is 0 Å². The molecule has 0 fully saturated rings. The second kappa shape index (κ2) is 3.47. The van der Waals surface area contributed by atoms with Crippen LogP contribution in [0.15, 0.2) is 30.5 Å². The molecule has 3 N–H and O–H groups in total. The highest BCUT2D eigenvalue weighted by molar-refractivity contribution is 5.46. The Hall–Kier alpha value is -1.88. The molecule has 5 nitrogen and oxygen atoms in total. The average molecular weight is 190 g/mol. The summed E-state index contributed by atoms with van der Waals surface area (Å²) in [5.74, 6) is 0. The Balaban J connectivity index is 2.39. The Morgan fingerprint density at radius 1 is 1.43 bits per heavy atom. The van der Waals surface area contributed by atoms with E-state index in [0.29, 0.717) is 11.4 Å². The van der Waals surface area contributed by atoms with Crippen molar-refractivity contribution in [3.8, 4) is 5.69 Å². The number of aromatic nitrogens is 3. The number of aliphatic hydroxyl groups excluding tert-OH is 1. The maximum absolute atomic E-state index is 8.81. The van der Waals surface area contributed by atoms with Crippen molar-refractivity contribution in [2.75, 3.05) is 5.73 Å². The van der Waals surface area contributed by atoms with Gasteiger partial charge in [0.25, 0.3) is 0 Å². The molecule has 0 radical (unpaired) electrons. The Morgan fingerprint density at radius 3 is 2.93 bits per heavy atom. The van der Waals surface area contributed by atoms with Gasteiger partial charge in [-0.25, -0.2) is 4.68 Å². The molecule has 0 aliphatic rings. The third kappa shape index (κ3) is 1.57. The average Bonchev–Trinajstić information content (AvgIpc) is 2.66. The van der Waals surface area contributed by atoms with E-state index in [1.54, 1.807) is 23.0 Å². The molecule has 0 spiro atoms. The molecular weight excluding hydrogens is 180 g/mol. The summed E-state index contributed by atoms with van der Waals surface area (Å²) in [6.45, 7) is -0.109. The highest BCUT2D eigenvalue weighted by atomic mass is 16.3. The number of rotatable bonds is 2. The maximum Gasteiger partial charge on any atom is 0.109 e. The van der Waals surface area contributed by atoms with Crippen LogP contribution in [0, 0.1) is 0 Å². The lowest BCUT2D eigenvalue weighted by molar-refractivity contribution is 0.276. The lowest BCUT2D eigenvalue weighted by Crippen LogP contribution is -1.95. The third-order valence-electron chi connectivity index (χ3n) is 1.84. The molecule has 0 amide bonds. The minimum atomic E-state index is -0.109. The van der Waals surface area contributed by atoms with Crippen LogP contribution in [0.3, 0.4) is 0 Å². The summed E-state index contributed by atoms with van der Waals surface area (Å²) in [5.41, 5.74) is 7.66. The minimum Gasteiger partial charge on any atom is -0.399 e. The molecule has 0 unspecified atom stereocenters. The smallest absolute Gasteiger partial charge is 0.109 e. The van der Waals surface area contributed by atoms with Gasteiger partial charge in [-0.15, -0.1) is 5.10 Å². The molecule has 0 saturated carbocycles. The largest absolute Gasteiger partial charge is 0.399 e. The van der Waals surface area contributed by atoms with Gasteiger partial charge in [0.15, 0.2) is 0 Å². The Morgan fingerprint density at radius 2 is 2.29 bits per heavy atom. The number of nitrogen functional groups attached to an aromatic ring is 1. The van der Waals surface area contributed by atoms with Gasteiger partial charge < -0.3 is 10.8 Å². The molecule has 72 valence electrons.